The van der Waals surface area contributed by atoms with Crippen molar-refractivity contribution >= 4 is 0 Å². The quantitative estimate of drug-likeness (QED) is 0.700. The molecule has 15 heavy (non-hydrogen) atoms. The highest BCUT2D eigenvalue weighted by atomic mass is 16.3. The van der Waals surface area contributed by atoms with Crippen molar-refractivity contribution in [1.82, 2.24) is 5.32 Å². The highest BCUT2D eigenvalue weighted by Gasteiger charge is 2.21. The molecule has 0 radical (unpaired) electrons. The van der Waals surface area contributed by atoms with E-state index < -0.39 is 0 Å². The number of aliphatic hydroxyl groups is 1. The van der Waals surface area contributed by atoms with Crippen molar-refractivity contribution in [3.8, 4) is 0 Å². The highest BCUT2D eigenvalue weighted by Crippen LogP contribution is 2.19. The van der Waals surface area contributed by atoms with Crippen molar-refractivity contribution in [3.05, 3.63) is 12.2 Å². The molecule has 0 unspecified atom stereocenters. The predicted octanol–water partition coefficient (Wildman–Crippen LogP) is 2.34. The Morgan fingerprint density at radius 2 is 2.13 bits per heavy atom. The molecule has 0 saturated carbocycles. The highest BCUT2D eigenvalue weighted by molar-refractivity contribution is 4.90. The molecule has 1 aliphatic rings. The van der Waals surface area contributed by atoms with E-state index in [-0.39, 0.29) is 11.5 Å². The molecule has 2 atom stereocenters. The summed E-state index contributed by atoms with van der Waals surface area (Å²) in [6, 6.07) is 0. The normalized spacial score (nSPS) is 24.1. The number of allylic oxidation sites excluding steroid dienone is 2. The first-order valence-corrected chi connectivity index (χ1v) is 6.04. The third-order valence-corrected chi connectivity index (χ3v) is 3.15. The van der Waals surface area contributed by atoms with Gasteiger partial charge in [-0.3, -0.25) is 0 Å². The lowest BCUT2D eigenvalue weighted by Gasteiger charge is -2.27. The topological polar surface area (TPSA) is 32.3 Å². The average Bonchev–Trinajstić information content (AvgIpc) is 2.18. The molecule has 0 bridgehead atoms. The molecular weight excluding hydrogens is 186 g/mol. The summed E-state index contributed by atoms with van der Waals surface area (Å²) < 4.78 is 0. The minimum atomic E-state index is -0.253. The van der Waals surface area contributed by atoms with Crippen molar-refractivity contribution in [2.24, 2.45) is 11.3 Å². The molecule has 2 nitrogen and oxygen atoms in total. The molecule has 0 aromatic heterocycles. The van der Waals surface area contributed by atoms with Gasteiger partial charge in [0, 0.05) is 6.54 Å². The van der Waals surface area contributed by atoms with Crippen LogP contribution in [0, 0.1) is 11.3 Å². The van der Waals surface area contributed by atoms with Crippen LogP contribution in [-0.4, -0.2) is 24.3 Å². The average molecular weight is 211 g/mol. The molecular formula is C13H25NO. The Balaban J connectivity index is 2.13. The summed E-state index contributed by atoms with van der Waals surface area (Å²) in [7, 11) is 0. The Labute approximate surface area is 93.8 Å². The van der Waals surface area contributed by atoms with Crippen LogP contribution in [-0.2, 0) is 0 Å². The van der Waals surface area contributed by atoms with Crippen molar-refractivity contribution in [1.29, 1.82) is 0 Å². The van der Waals surface area contributed by atoms with E-state index in [2.05, 4.69) is 38.2 Å². The van der Waals surface area contributed by atoms with Crippen LogP contribution in [0.15, 0.2) is 12.2 Å². The molecule has 1 aliphatic carbocycles. The molecule has 0 spiro atoms. The van der Waals surface area contributed by atoms with Gasteiger partial charge in [-0.05, 0) is 37.1 Å². The Kier molecular flexibility index (Phi) is 4.81. The van der Waals surface area contributed by atoms with Gasteiger partial charge in [-0.15, -0.1) is 0 Å². The molecule has 0 aromatic carbocycles. The lowest BCUT2D eigenvalue weighted by Crippen LogP contribution is -2.38. The first-order valence-electron chi connectivity index (χ1n) is 6.04. The molecule has 88 valence electrons. The molecule has 2 heteroatoms. The fraction of sp³-hybridized carbons (Fsp3) is 0.846. The smallest absolute Gasteiger partial charge is 0.0712 e. The van der Waals surface area contributed by atoms with E-state index in [0.29, 0.717) is 6.54 Å². The van der Waals surface area contributed by atoms with Gasteiger partial charge in [-0.1, -0.05) is 32.9 Å². The van der Waals surface area contributed by atoms with E-state index in [1.54, 1.807) is 0 Å². The summed E-state index contributed by atoms with van der Waals surface area (Å²) in [4.78, 5) is 0. The van der Waals surface area contributed by atoms with Crippen LogP contribution in [0.1, 0.15) is 40.0 Å². The fourth-order valence-electron chi connectivity index (χ4n) is 1.77. The van der Waals surface area contributed by atoms with Crippen LogP contribution < -0.4 is 5.32 Å². The third-order valence-electron chi connectivity index (χ3n) is 3.15. The van der Waals surface area contributed by atoms with Gasteiger partial charge in [-0.2, -0.15) is 0 Å². The third kappa shape index (κ3) is 4.80. The molecule has 2 N–H and O–H groups in total. The summed E-state index contributed by atoms with van der Waals surface area (Å²) in [6.45, 7) is 7.97. The van der Waals surface area contributed by atoms with Crippen LogP contribution in [0.2, 0.25) is 0 Å². The second-order valence-corrected chi connectivity index (χ2v) is 5.69. The van der Waals surface area contributed by atoms with Gasteiger partial charge < -0.3 is 10.4 Å². The Morgan fingerprint density at radius 3 is 2.67 bits per heavy atom. The maximum absolute atomic E-state index is 9.84. The standard InChI is InChI=1S/C13H25NO/c1-13(2,3)12(15)10-14-9-11-7-5-4-6-8-11/h4-5,11-12,14-15H,6-10H2,1-3H3/t11-,12-/m0/s1. The van der Waals surface area contributed by atoms with Crippen LogP contribution in [0.5, 0.6) is 0 Å². The molecule has 0 fully saturated rings. The van der Waals surface area contributed by atoms with Crippen molar-refractivity contribution in [2.45, 2.75) is 46.1 Å². The fourth-order valence-corrected chi connectivity index (χ4v) is 1.77. The zero-order chi connectivity index (χ0) is 11.3. The Hall–Kier alpha value is -0.340. The number of rotatable bonds is 4. The summed E-state index contributed by atoms with van der Waals surface area (Å²) in [6.07, 6.45) is 7.98. The van der Waals surface area contributed by atoms with E-state index >= 15 is 0 Å². The van der Waals surface area contributed by atoms with Gasteiger partial charge in [0.05, 0.1) is 6.10 Å². The van der Waals surface area contributed by atoms with Gasteiger partial charge >= 0.3 is 0 Å². The van der Waals surface area contributed by atoms with Gasteiger partial charge in [0.15, 0.2) is 0 Å². The van der Waals surface area contributed by atoms with E-state index in [9.17, 15) is 5.11 Å². The second-order valence-electron chi connectivity index (χ2n) is 5.69. The number of aliphatic hydroxyl groups excluding tert-OH is 1. The summed E-state index contributed by atoms with van der Waals surface area (Å²) in [5.74, 6) is 0.766. The van der Waals surface area contributed by atoms with Crippen LogP contribution >= 0.6 is 0 Å². The lowest BCUT2D eigenvalue weighted by molar-refractivity contribution is 0.0621. The minimum absolute atomic E-state index is 0.0144. The van der Waals surface area contributed by atoms with Gasteiger partial charge in [0.2, 0.25) is 0 Å². The van der Waals surface area contributed by atoms with Crippen LogP contribution in [0.25, 0.3) is 0 Å². The van der Waals surface area contributed by atoms with Gasteiger partial charge in [0.25, 0.3) is 0 Å². The SMILES string of the molecule is CC(C)(C)[C@@H](O)CNC[C@H]1CC=CCC1. The Bertz CT molecular complexity index is 205. The van der Waals surface area contributed by atoms with Crippen molar-refractivity contribution < 1.29 is 5.11 Å². The van der Waals surface area contributed by atoms with E-state index in [4.69, 9.17) is 0 Å². The molecule has 0 saturated heterocycles. The van der Waals surface area contributed by atoms with E-state index in [0.717, 1.165) is 12.5 Å². The number of hydrogen-bond donors (Lipinski definition) is 2. The summed E-state index contributed by atoms with van der Waals surface area (Å²) in [5.41, 5.74) is -0.0144. The van der Waals surface area contributed by atoms with Crippen molar-refractivity contribution in [3.63, 3.8) is 0 Å². The van der Waals surface area contributed by atoms with Gasteiger partial charge in [0.1, 0.15) is 0 Å². The molecule has 0 aliphatic heterocycles. The monoisotopic (exact) mass is 211 g/mol. The molecule has 0 amide bonds. The van der Waals surface area contributed by atoms with Crippen LogP contribution in [0.4, 0.5) is 0 Å². The number of hydrogen-bond acceptors (Lipinski definition) is 2. The molecule has 0 aromatic rings. The predicted molar refractivity (Wildman–Crippen MR) is 64.8 cm³/mol. The maximum atomic E-state index is 9.84. The van der Waals surface area contributed by atoms with Crippen LogP contribution in [0.3, 0.4) is 0 Å². The second kappa shape index (κ2) is 5.66. The first-order chi connectivity index (χ1) is 7.00. The molecule has 1 rings (SSSR count). The van der Waals surface area contributed by atoms with E-state index in [1.807, 2.05) is 0 Å². The Morgan fingerprint density at radius 1 is 1.40 bits per heavy atom. The number of nitrogens with one attached hydrogen (secondary N) is 1. The largest absolute Gasteiger partial charge is 0.391 e. The molecule has 0 heterocycles. The first kappa shape index (κ1) is 12.7. The van der Waals surface area contributed by atoms with Crippen molar-refractivity contribution in [2.75, 3.05) is 13.1 Å². The summed E-state index contributed by atoms with van der Waals surface area (Å²) >= 11 is 0. The maximum Gasteiger partial charge on any atom is 0.0712 e. The van der Waals surface area contributed by atoms with E-state index in [1.165, 1.54) is 19.3 Å². The minimum Gasteiger partial charge on any atom is -0.391 e. The lowest BCUT2D eigenvalue weighted by atomic mass is 9.89. The zero-order valence-electron chi connectivity index (χ0n) is 10.3. The zero-order valence-corrected chi connectivity index (χ0v) is 10.3. The summed E-state index contributed by atoms with van der Waals surface area (Å²) in [5, 5.41) is 13.2. The van der Waals surface area contributed by atoms with Gasteiger partial charge in [-0.25, -0.2) is 0 Å².